The first kappa shape index (κ1) is 26.0. The van der Waals surface area contributed by atoms with Gasteiger partial charge in [-0.3, -0.25) is 0 Å². The Morgan fingerprint density at radius 3 is 2.42 bits per heavy atom. The second kappa shape index (κ2) is 14.1. The Balaban J connectivity index is 0.00000301. The van der Waals surface area contributed by atoms with Crippen LogP contribution < -0.4 is 3.53 Å². The molecule has 0 aromatic rings. The summed E-state index contributed by atoms with van der Waals surface area (Å²) >= 11 is -0.891. The van der Waals surface area contributed by atoms with Crippen LogP contribution in [0.5, 0.6) is 0 Å². The van der Waals surface area contributed by atoms with Crippen molar-refractivity contribution in [2.75, 3.05) is 26.4 Å². The summed E-state index contributed by atoms with van der Waals surface area (Å²) in [6, 6.07) is 0. The Labute approximate surface area is 170 Å². The molecular formula is C19H40INO5. The first-order valence-electron chi connectivity index (χ1n) is 9.70. The van der Waals surface area contributed by atoms with E-state index in [1.54, 1.807) is 0 Å². The van der Waals surface area contributed by atoms with Crippen molar-refractivity contribution >= 4 is 25.5 Å². The van der Waals surface area contributed by atoms with E-state index in [0.717, 1.165) is 38.8 Å². The van der Waals surface area contributed by atoms with Crippen molar-refractivity contribution in [2.24, 2.45) is 0 Å². The molecule has 1 aliphatic heterocycles. The van der Waals surface area contributed by atoms with Gasteiger partial charge in [0.25, 0.3) is 0 Å². The normalized spacial score (nSPS) is 19.1. The minimum atomic E-state index is -0.891. The molecule has 1 heterocycles. The molecule has 0 bridgehead atoms. The fraction of sp³-hybridized carbons (Fsp3) is 0.947. The van der Waals surface area contributed by atoms with Crippen molar-refractivity contribution in [1.82, 2.24) is 3.53 Å². The quantitative estimate of drug-likeness (QED) is 0.193. The first-order valence-corrected chi connectivity index (χ1v) is 12.0. The molecule has 1 unspecified atom stereocenters. The molecule has 0 spiro atoms. The summed E-state index contributed by atoms with van der Waals surface area (Å²) in [6.45, 7) is 16.4. The molecule has 1 atom stereocenters. The maximum absolute atomic E-state index is 11.6. The Morgan fingerprint density at radius 2 is 1.85 bits per heavy atom. The zero-order valence-corrected chi connectivity index (χ0v) is 20.0. The third-order valence-electron chi connectivity index (χ3n) is 3.23. The minimum absolute atomic E-state index is 0.0571. The molecule has 7 heteroatoms. The molecule has 1 aliphatic rings. The van der Waals surface area contributed by atoms with E-state index in [1.165, 1.54) is 0 Å². The average Bonchev–Trinajstić information content (AvgIpc) is 2.88. The van der Waals surface area contributed by atoms with E-state index in [2.05, 4.69) is 3.53 Å². The van der Waals surface area contributed by atoms with E-state index >= 15 is 0 Å². The SMILES string of the molecule is CC.CC(C)(C)OC(=O)[IH]NCCCCCCOCC1COC(C)(C)O1. The Kier molecular flexibility index (Phi) is 14.1. The molecule has 1 rings (SSSR count). The number of unbranched alkanes of at least 4 members (excludes halogenated alkanes) is 3. The number of nitrogens with one attached hydrogen (secondary N) is 1. The van der Waals surface area contributed by atoms with Gasteiger partial charge in [-0.15, -0.1) is 0 Å². The van der Waals surface area contributed by atoms with Gasteiger partial charge in [0.05, 0.1) is 0 Å². The van der Waals surface area contributed by atoms with Crippen LogP contribution in [-0.2, 0) is 18.9 Å². The van der Waals surface area contributed by atoms with Crippen LogP contribution in [0, 0.1) is 0 Å². The van der Waals surface area contributed by atoms with Crippen molar-refractivity contribution in [1.29, 1.82) is 0 Å². The molecule has 0 radical (unpaired) electrons. The average molecular weight is 489 g/mol. The first-order chi connectivity index (χ1) is 12.2. The van der Waals surface area contributed by atoms with E-state index in [0.29, 0.717) is 13.2 Å². The predicted octanol–water partition coefficient (Wildman–Crippen LogP) is 4.88. The monoisotopic (exact) mass is 489 g/mol. The fourth-order valence-electron chi connectivity index (χ4n) is 2.20. The van der Waals surface area contributed by atoms with E-state index in [9.17, 15) is 4.79 Å². The van der Waals surface area contributed by atoms with Gasteiger partial charge in [0, 0.05) is 0 Å². The van der Waals surface area contributed by atoms with Crippen molar-refractivity contribution < 1.29 is 23.7 Å². The van der Waals surface area contributed by atoms with Crippen LogP contribution in [0.4, 0.5) is 4.79 Å². The molecular weight excluding hydrogens is 449 g/mol. The topological polar surface area (TPSA) is 66.0 Å². The van der Waals surface area contributed by atoms with E-state index in [1.807, 2.05) is 48.5 Å². The summed E-state index contributed by atoms with van der Waals surface area (Å²) in [4.78, 5) is 11.6. The number of hydrogen-bond donors (Lipinski definition) is 1. The summed E-state index contributed by atoms with van der Waals surface area (Å²) in [5, 5.41) is 0. The molecule has 1 fully saturated rings. The van der Waals surface area contributed by atoms with Gasteiger partial charge in [0.1, 0.15) is 0 Å². The van der Waals surface area contributed by atoms with Crippen LogP contribution in [0.15, 0.2) is 0 Å². The van der Waals surface area contributed by atoms with E-state index < -0.39 is 27.3 Å². The Hall–Kier alpha value is 0.0400. The molecule has 1 saturated heterocycles. The van der Waals surface area contributed by atoms with Gasteiger partial charge >= 0.3 is 143 Å². The van der Waals surface area contributed by atoms with E-state index in [-0.39, 0.29) is 15.7 Å². The van der Waals surface area contributed by atoms with Crippen LogP contribution in [0.3, 0.4) is 0 Å². The third-order valence-corrected chi connectivity index (χ3v) is 4.94. The molecule has 0 amide bonds. The van der Waals surface area contributed by atoms with Gasteiger partial charge in [-0.25, -0.2) is 0 Å². The predicted molar refractivity (Wildman–Crippen MR) is 115 cm³/mol. The number of carbonyl (C=O) groups excluding carboxylic acids is 1. The number of carbonyl (C=O) groups is 1. The standard InChI is InChI=1S/C17H34INO5.C2H6/c1-16(2,3)24-15(20)18-19-10-8-6-7-9-11-21-12-14-13-22-17(4,5)23-14;1-2/h14,18-19H,6-13H2,1-5H3;1-2H3. The molecule has 0 aromatic carbocycles. The second-order valence-corrected chi connectivity index (χ2v) is 9.76. The van der Waals surface area contributed by atoms with Crippen LogP contribution in [0.2, 0.25) is 0 Å². The zero-order valence-electron chi connectivity index (χ0n) is 17.7. The van der Waals surface area contributed by atoms with Crippen LogP contribution in [-0.4, -0.2) is 47.8 Å². The van der Waals surface area contributed by atoms with E-state index in [4.69, 9.17) is 18.9 Å². The molecule has 0 aliphatic carbocycles. The molecule has 158 valence electrons. The zero-order chi connectivity index (χ0) is 20.1. The maximum atomic E-state index is 11.6. The molecule has 26 heavy (non-hydrogen) atoms. The van der Waals surface area contributed by atoms with Crippen LogP contribution in [0.1, 0.15) is 74.1 Å². The summed E-state index contributed by atoms with van der Waals surface area (Å²) < 4.78 is 25.3. The number of ether oxygens (including phenoxy) is 4. The molecule has 0 aromatic heterocycles. The molecule has 6 nitrogen and oxygen atoms in total. The summed E-state index contributed by atoms with van der Waals surface area (Å²) in [5.41, 5.74) is -0.380. The van der Waals surface area contributed by atoms with Gasteiger partial charge < -0.3 is 0 Å². The Bertz CT molecular complexity index is 371. The molecule has 1 N–H and O–H groups in total. The molecule has 0 saturated carbocycles. The van der Waals surface area contributed by atoms with Crippen LogP contribution >= 0.6 is 21.5 Å². The van der Waals surface area contributed by atoms with Gasteiger partial charge in [-0.05, 0) is 13.8 Å². The summed E-state index contributed by atoms with van der Waals surface area (Å²) in [5.74, 6) is -0.469. The van der Waals surface area contributed by atoms with Gasteiger partial charge in [-0.1, -0.05) is 13.8 Å². The van der Waals surface area contributed by atoms with Crippen LogP contribution in [0.25, 0.3) is 0 Å². The van der Waals surface area contributed by atoms with Crippen molar-refractivity contribution in [3.63, 3.8) is 0 Å². The fourth-order valence-corrected chi connectivity index (χ4v) is 4.07. The summed E-state index contributed by atoms with van der Waals surface area (Å²) in [7, 11) is 0. The summed E-state index contributed by atoms with van der Waals surface area (Å²) in [6.07, 6.45) is 4.48. The number of halogens is 1. The third kappa shape index (κ3) is 15.1. The van der Waals surface area contributed by atoms with Crippen molar-refractivity contribution in [3.8, 4) is 0 Å². The van der Waals surface area contributed by atoms with Gasteiger partial charge in [0.2, 0.25) is 0 Å². The number of rotatable bonds is 11. The Morgan fingerprint density at radius 1 is 1.19 bits per heavy atom. The van der Waals surface area contributed by atoms with Gasteiger partial charge in [0.15, 0.2) is 0 Å². The van der Waals surface area contributed by atoms with Gasteiger partial charge in [-0.2, -0.15) is 0 Å². The van der Waals surface area contributed by atoms with Crippen molar-refractivity contribution in [3.05, 3.63) is 0 Å². The second-order valence-electron chi connectivity index (χ2n) is 7.40. The number of hydrogen-bond acceptors (Lipinski definition) is 6. The van der Waals surface area contributed by atoms with Crippen molar-refractivity contribution in [2.45, 2.75) is 91.6 Å².